The van der Waals surface area contributed by atoms with Crippen molar-refractivity contribution in [3.05, 3.63) is 62.3 Å². The van der Waals surface area contributed by atoms with Gasteiger partial charge in [0.2, 0.25) is 5.95 Å². The molecule has 0 saturated heterocycles. The highest BCUT2D eigenvalue weighted by Crippen LogP contribution is 2.28. The summed E-state index contributed by atoms with van der Waals surface area (Å²) in [7, 11) is 1.83. The summed E-state index contributed by atoms with van der Waals surface area (Å²) in [6.07, 6.45) is 5.44. The van der Waals surface area contributed by atoms with Gasteiger partial charge in [-0.1, -0.05) is 49.2 Å². The average molecular weight is 432 g/mol. The highest BCUT2D eigenvalue weighted by atomic mass is 35.5. The highest BCUT2D eigenvalue weighted by molar-refractivity contribution is 6.35. The number of allylic oxidation sites excluding steroid dienone is 5. The molecule has 3 rings (SSSR count). The van der Waals surface area contributed by atoms with Gasteiger partial charge in [-0.15, -0.1) is 0 Å². The molecule has 0 aliphatic carbocycles. The summed E-state index contributed by atoms with van der Waals surface area (Å²) in [6.45, 7) is 7.62. The van der Waals surface area contributed by atoms with Crippen LogP contribution >= 0.6 is 23.2 Å². The monoisotopic (exact) mass is 431 g/mol. The molecule has 0 saturated carbocycles. The summed E-state index contributed by atoms with van der Waals surface area (Å²) >= 11 is 12.6. The molecule has 0 amide bonds. The number of H-pyrrole nitrogens is 1. The smallest absolute Gasteiger partial charge is 0.260 e. The zero-order valence-corrected chi connectivity index (χ0v) is 18.5. The maximum Gasteiger partial charge on any atom is 0.260 e. The molecule has 0 unspecified atom stereocenters. The Morgan fingerprint density at radius 2 is 1.93 bits per heavy atom. The summed E-state index contributed by atoms with van der Waals surface area (Å²) in [5.74, 6) is 1.30. The van der Waals surface area contributed by atoms with Crippen molar-refractivity contribution >= 4 is 51.1 Å². The predicted octanol–water partition coefficient (Wildman–Crippen LogP) is 5.51. The topological polar surface area (TPSA) is 75.6 Å². The Labute approximate surface area is 179 Å². The van der Waals surface area contributed by atoms with E-state index in [9.17, 15) is 4.79 Å². The minimum absolute atomic E-state index is 0.122. The maximum atomic E-state index is 12.8. The lowest BCUT2D eigenvalue weighted by molar-refractivity contribution is 0.776. The number of nitrogens with zero attached hydrogens (tertiary/aromatic N) is 3. The number of anilines is 1. The quantitative estimate of drug-likeness (QED) is 0.521. The lowest BCUT2D eigenvalue weighted by Gasteiger charge is -2.11. The molecule has 0 fully saturated rings. The first-order valence-electron chi connectivity index (χ1n) is 9.26. The van der Waals surface area contributed by atoms with Gasteiger partial charge < -0.3 is 14.9 Å². The van der Waals surface area contributed by atoms with Gasteiger partial charge in [-0.25, -0.2) is 9.97 Å². The van der Waals surface area contributed by atoms with Crippen LogP contribution in [0.1, 0.15) is 39.4 Å². The number of aromatic amines is 1. The van der Waals surface area contributed by atoms with E-state index in [1.807, 2.05) is 56.7 Å². The molecule has 0 radical (unpaired) electrons. The van der Waals surface area contributed by atoms with Gasteiger partial charge in [0.25, 0.3) is 5.56 Å². The van der Waals surface area contributed by atoms with Crippen LogP contribution in [0.25, 0.3) is 21.9 Å². The van der Waals surface area contributed by atoms with E-state index in [1.54, 1.807) is 13.0 Å². The first-order valence-corrected chi connectivity index (χ1v) is 10.0. The summed E-state index contributed by atoms with van der Waals surface area (Å²) in [5, 5.41) is 4.64. The Hall–Kier alpha value is -2.57. The van der Waals surface area contributed by atoms with E-state index in [1.165, 1.54) is 0 Å². The molecule has 0 aliphatic rings. The average Bonchev–Trinajstić information content (AvgIpc) is 2.99. The molecule has 2 aromatic heterocycles. The van der Waals surface area contributed by atoms with E-state index >= 15 is 0 Å². The Balaban J connectivity index is 2.19. The Bertz CT molecular complexity index is 1230. The summed E-state index contributed by atoms with van der Waals surface area (Å²) < 4.78 is 1.81. The van der Waals surface area contributed by atoms with Crippen LogP contribution in [-0.4, -0.2) is 19.5 Å². The van der Waals surface area contributed by atoms with Crippen LogP contribution < -0.4 is 10.9 Å². The Kier molecular flexibility index (Phi) is 6.15. The van der Waals surface area contributed by atoms with Crippen LogP contribution in [0.2, 0.25) is 0 Å². The third kappa shape index (κ3) is 4.09. The zero-order valence-electron chi connectivity index (χ0n) is 17.0. The van der Waals surface area contributed by atoms with Gasteiger partial charge in [-0.05, 0) is 32.1 Å². The van der Waals surface area contributed by atoms with Crippen molar-refractivity contribution in [3.63, 3.8) is 0 Å². The number of fused-ring (bicyclic) bond motifs is 3. The number of nitrogens with one attached hydrogen (secondary N) is 2. The van der Waals surface area contributed by atoms with Crippen molar-refractivity contribution in [1.82, 2.24) is 19.5 Å². The van der Waals surface area contributed by atoms with Gasteiger partial charge in [0.05, 0.1) is 32.7 Å². The van der Waals surface area contributed by atoms with Crippen molar-refractivity contribution in [3.8, 4) is 0 Å². The zero-order chi connectivity index (χ0) is 21.3. The van der Waals surface area contributed by atoms with E-state index < -0.39 is 0 Å². The number of aromatic nitrogens is 4. The fourth-order valence-corrected chi connectivity index (χ4v) is 3.48. The minimum atomic E-state index is -0.186. The molecule has 152 valence electrons. The molecule has 0 spiro atoms. The van der Waals surface area contributed by atoms with Crippen LogP contribution in [0.3, 0.4) is 0 Å². The lowest BCUT2D eigenvalue weighted by Crippen LogP contribution is -2.14. The SMILES string of the molecule is C\C=C/C=C(Cl)\C(Nc1nc2ccc3nc(C(C)C)[nH]c(=O)c3c2n1C)=C(/C)Cl. The number of hydrogen-bond acceptors (Lipinski definition) is 4. The van der Waals surface area contributed by atoms with Gasteiger partial charge in [0, 0.05) is 18.0 Å². The van der Waals surface area contributed by atoms with Gasteiger partial charge in [0.15, 0.2) is 0 Å². The van der Waals surface area contributed by atoms with E-state index in [0.29, 0.717) is 49.5 Å². The molecule has 1 aromatic carbocycles. The maximum absolute atomic E-state index is 12.8. The van der Waals surface area contributed by atoms with Crippen molar-refractivity contribution in [1.29, 1.82) is 0 Å². The molecule has 0 aliphatic heterocycles. The highest BCUT2D eigenvalue weighted by Gasteiger charge is 2.17. The van der Waals surface area contributed by atoms with Crippen LogP contribution in [-0.2, 0) is 7.05 Å². The van der Waals surface area contributed by atoms with Crippen molar-refractivity contribution in [2.75, 3.05) is 5.32 Å². The number of aryl methyl sites for hydroxylation is 1. The van der Waals surface area contributed by atoms with Crippen molar-refractivity contribution in [2.45, 2.75) is 33.6 Å². The predicted molar refractivity (Wildman–Crippen MR) is 122 cm³/mol. The van der Waals surface area contributed by atoms with Crippen LogP contribution in [0.15, 0.2) is 50.9 Å². The molecule has 3 aromatic rings. The van der Waals surface area contributed by atoms with Crippen molar-refractivity contribution < 1.29 is 0 Å². The van der Waals surface area contributed by atoms with Gasteiger partial charge in [-0.2, -0.15) is 0 Å². The Morgan fingerprint density at radius 3 is 2.55 bits per heavy atom. The first-order chi connectivity index (χ1) is 13.7. The molecule has 0 bridgehead atoms. The second-order valence-electron chi connectivity index (χ2n) is 7.00. The summed E-state index contributed by atoms with van der Waals surface area (Å²) in [4.78, 5) is 24.9. The molecule has 2 heterocycles. The summed E-state index contributed by atoms with van der Waals surface area (Å²) in [6, 6.07) is 3.67. The Morgan fingerprint density at radius 1 is 1.24 bits per heavy atom. The molecular weight excluding hydrogens is 409 g/mol. The number of hydrogen-bond donors (Lipinski definition) is 2. The molecular formula is C21H23Cl2N5O. The molecule has 8 heteroatoms. The fraction of sp³-hybridized carbons (Fsp3) is 0.286. The van der Waals surface area contributed by atoms with Gasteiger partial charge in [0.1, 0.15) is 5.82 Å². The lowest BCUT2D eigenvalue weighted by atomic mass is 10.1. The van der Waals surface area contributed by atoms with Gasteiger partial charge in [-0.3, -0.25) is 4.79 Å². The number of halogens is 2. The normalized spacial score (nSPS) is 13.7. The van der Waals surface area contributed by atoms with Crippen LogP contribution in [0, 0.1) is 0 Å². The molecule has 29 heavy (non-hydrogen) atoms. The number of rotatable bonds is 5. The first kappa shape index (κ1) is 21.1. The molecule has 6 nitrogen and oxygen atoms in total. The van der Waals surface area contributed by atoms with Crippen LogP contribution in [0.5, 0.6) is 0 Å². The third-order valence-electron chi connectivity index (χ3n) is 4.53. The molecule has 2 N–H and O–H groups in total. The van der Waals surface area contributed by atoms with Gasteiger partial charge >= 0.3 is 0 Å². The minimum Gasteiger partial charge on any atom is -0.323 e. The van der Waals surface area contributed by atoms with E-state index in [-0.39, 0.29) is 11.5 Å². The standard InChI is InChI=1S/C21H23Cl2N5O/c1-6-7-8-13(23)17(12(4)22)26-21-25-15-10-9-14-16(18(15)28(21)5)20(29)27-19(24-14)11(2)3/h6-11H,1-5H3,(H,25,26)(H,24,27,29)/b7-6-,13-8+,17-12-. The van der Waals surface area contributed by atoms with Crippen molar-refractivity contribution in [2.24, 2.45) is 7.05 Å². The summed E-state index contributed by atoms with van der Waals surface area (Å²) in [5.41, 5.74) is 2.36. The van der Waals surface area contributed by atoms with E-state index in [2.05, 4.69) is 20.3 Å². The fourth-order valence-electron chi connectivity index (χ4n) is 3.02. The van der Waals surface area contributed by atoms with E-state index in [4.69, 9.17) is 23.2 Å². The second-order valence-corrected chi connectivity index (χ2v) is 7.98. The number of benzene rings is 1. The van der Waals surface area contributed by atoms with E-state index in [0.717, 1.165) is 0 Å². The number of imidazole rings is 1. The van der Waals surface area contributed by atoms with Crippen LogP contribution in [0.4, 0.5) is 5.95 Å². The largest absolute Gasteiger partial charge is 0.323 e. The third-order valence-corrected chi connectivity index (χ3v) is 5.03. The second kappa shape index (κ2) is 8.43. The molecule has 0 atom stereocenters.